The van der Waals surface area contributed by atoms with E-state index in [1.165, 1.54) is 19.3 Å². The van der Waals surface area contributed by atoms with Gasteiger partial charge in [0.2, 0.25) is 0 Å². The van der Waals surface area contributed by atoms with Crippen LogP contribution in [-0.4, -0.2) is 12.3 Å². The summed E-state index contributed by atoms with van der Waals surface area (Å²) >= 11 is 0. The minimum atomic E-state index is -0.272. The van der Waals surface area contributed by atoms with Gasteiger partial charge in [-0.15, -0.1) is 0 Å². The monoisotopic (exact) mass is 199 g/mol. The summed E-state index contributed by atoms with van der Waals surface area (Å²) in [6.07, 6.45) is 6.22. The summed E-state index contributed by atoms with van der Waals surface area (Å²) in [6.45, 7) is 6.68. The van der Waals surface area contributed by atoms with Crippen molar-refractivity contribution in [1.29, 1.82) is 0 Å². The van der Waals surface area contributed by atoms with Crippen LogP contribution in [0.2, 0.25) is 0 Å². The van der Waals surface area contributed by atoms with E-state index in [1.807, 2.05) is 13.8 Å². The van der Waals surface area contributed by atoms with Crippen molar-refractivity contribution in [1.82, 2.24) is 0 Å². The minimum absolute atomic E-state index is 0.272. The molecule has 0 aliphatic heterocycles. The third-order valence-electron chi connectivity index (χ3n) is 3.16. The molecule has 0 amide bonds. The van der Waals surface area contributed by atoms with Crippen molar-refractivity contribution in [3.05, 3.63) is 0 Å². The lowest BCUT2D eigenvalue weighted by Crippen LogP contribution is -2.35. The molecule has 1 atom stereocenters. The van der Waals surface area contributed by atoms with Gasteiger partial charge in [-0.1, -0.05) is 40.0 Å². The summed E-state index contributed by atoms with van der Waals surface area (Å²) in [5, 5.41) is 0. The molecule has 0 aromatic carbocycles. The van der Waals surface area contributed by atoms with E-state index in [9.17, 15) is 4.79 Å². The molecule has 0 fully saturated rings. The van der Waals surface area contributed by atoms with Gasteiger partial charge in [0.15, 0.2) is 0 Å². The number of hydrogen-bond acceptors (Lipinski definition) is 2. The Hall–Kier alpha value is -0.370. The molecule has 0 rings (SSSR count). The van der Waals surface area contributed by atoms with Crippen molar-refractivity contribution in [2.24, 2.45) is 11.1 Å². The van der Waals surface area contributed by atoms with Crippen molar-refractivity contribution in [2.45, 2.75) is 59.3 Å². The van der Waals surface area contributed by atoms with Gasteiger partial charge in [0.05, 0.1) is 0 Å². The summed E-state index contributed by atoms with van der Waals surface area (Å²) < 4.78 is 0. The third kappa shape index (κ3) is 4.23. The summed E-state index contributed by atoms with van der Waals surface area (Å²) in [4.78, 5) is 11.8. The van der Waals surface area contributed by atoms with Crippen LogP contribution in [-0.2, 0) is 4.79 Å². The van der Waals surface area contributed by atoms with E-state index >= 15 is 0 Å². The lowest BCUT2D eigenvalue weighted by Gasteiger charge is -2.24. The Labute approximate surface area is 88.3 Å². The fraction of sp³-hybridized carbons (Fsp3) is 0.917. The van der Waals surface area contributed by atoms with Crippen LogP contribution >= 0.6 is 0 Å². The van der Waals surface area contributed by atoms with Crippen molar-refractivity contribution >= 4 is 5.78 Å². The SMILES string of the molecule is CCCCCCC(=O)C(C)(CC)CN. The molecule has 2 nitrogen and oxygen atoms in total. The number of nitrogens with two attached hydrogens (primary N) is 1. The first-order valence-electron chi connectivity index (χ1n) is 5.84. The molecule has 1 unspecified atom stereocenters. The topological polar surface area (TPSA) is 43.1 Å². The second-order valence-electron chi connectivity index (χ2n) is 4.35. The Morgan fingerprint density at radius 3 is 2.29 bits per heavy atom. The lowest BCUT2D eigenvalue weighted by molar-refractivity contribution is -0.127. The maximum Gasteiger partial charge on any atom is 0.140 e. The minimum Gasteiger partial charge on any atom is -0.329 e. The molecule has 0 bridgehead atoms. The number of carbonyl (C=O) groups excluding carboxylic acids is 1. The van der Waals surface area contributed by atoms with E-state index in [2.05, 4.69) is 6.92 Å². The van der Waals surface area contributed by atoms with E-state index < -0.39 is 0 Å². The number of carbonyl (C=O) groups is 1. The van der Waals surface area contributed by atoms with Crippen molar-refractivity contribution in [2.75, 3.05) is 6.54 Å². The highest BCUT2D eigenvalue weighted by Gasteiger charge is 2.28. The van der Waals surface area contributed by atoms with Gasteiger partial charge in [0, 0.05) is 18.4 Å². The van der Waals surface area contributed by atoms with Crippen LogP contribution in [0.25, 0.3) is 0 Å². The highest BCUT2D eigenvalue weighted by molar-refractivity contribution is 5.84. The van der Waals surface area contributed by atoms with E-state index in [1.54, 1.807) is 0 Å². The number of unbranched alkanes of at least 4 members (excludes halogenated alkanes) is 3. The van der Waals surface area contributed by atoms with Gasteiger partial charge in [0.1, 0.15) is 5.78 Å². The van der Waals surface area contributed by atoms with Gasteiger partial charge in [-0.2, -0.15) is 0 Å². The molecule has 0 heterocycles. The second-order valence-corrected chi connectivity index (χ2v) is 4.35. The van der Waals surface area contributed by atoms with Gasteiger partial charge in [-0.25, -0.2) is 0 Å². The Morgan fingerprint density at radius 2 is 1.86 bits per heavy atom. The molecule has 14 heavy (non-hydrogen) atoms. The zero-order valence-corrected chi connectivity index (χ0v) is 9.94. The van der Waals surface area contributed by atoms with Gasteiger partial charge in [-0.3, -0.25) is 4.79 Å². The summed E-state index contributed by atoms with van der Waals surface area (Å²) in [6, 6.07) is 0. The highest BCUT2D eigenvalue weighted by Crippen LogP contribution is 2.23. The van der Waals surface area contributed by atoms with Crippen LogP contribution in [0.15, 0.2) is 0 Å². The molecule has 0 radical (unpaired) electrons. The maximum atomic E-state index is 11.8. The molecule has 2 N–H and O–H groups in total. The van der Waals surface area contributed by atoms with Crippen LogP contribution in [0.1, 0.15) is 59.3 Å². The first kappa shape index (κ1) is 13.6. The largest absolute Gasteiger partial charge is 0.329 e. The molecule has 0 aliphatic carbocycles. The zero-order valence-electron chi connectivity index (χ0n) is 9.94. The molecule has 0 aliphatic rings. The van der Waals surface area contributed by atoms with Gasteiger partial charge in [0.25, 0.3) is 0 Å². The Balaban J connectivity index is 3.82. The van der Waals surface area contributed by atoms with Crippen LogP contribution in [0, 0.1) is 5.41 Å². The van der Waals surface area contributed by atoms with Crippen molar-refractivity contribution < 1.29 is 4.79 Å². The number of rotatable bonds is 8. The Morgan fingerprint density at radius 1 is 1.21 bits per heavy atom. The Bertz CT molecular complexity index is 162. The van der Waals surface area contributed by atoms with Gasteiger partial charge < -0.3 is 5.73 Å². The Kier molecular flexibility index (Phi) is 6.81. The predicted octanol–water partition coefficient (Wildman–Crippen LogP) is 2.90. The molecule has 0 aromatic rings. The van der Waals surface area contributed by atoms with Crippen LogP contribution in [0.4, 0.5) is 0 Å². The zero-order chi connectivity index (χ0) is 11.0. The smallest absolute Gasteiger partial charge is 0.140 e. The molecule has 0 saturated heterocycles. The summed E-state index contributed by atoms with van der Waals surface area (Å²) in [5.74, 6) is 0.346. The highest BCUT2D eigenvalue weighted by atomic mass is 16.1. The lowest BCUT2D eigenvalue weighted by atomic mass is 9.81. The van der Waals surface area contributed by atoms with Crippen molar-refractivity contribution in [3.63, 3.8) is 0 Å². The van der Waals surface area contributed by atoms with Crippen LogP contribution < -0.4 is 5.73 Å². The summed E-state index contributed by atoms with van der Waals surface area (Å²) in [7, 11) is 0. The normalized spacial score (nSPS) is 15.1. The predicted molar refractivity (Wildman–Crippen MR) is 61.2 cm³/mol. The number of ketones is 1. The maximum absolute atomic E-state index is 11.8. The number of Topliss-reactive ketones (excluding diaryl/α,β-unsaturated/α-hetero) is 1. The number of hydrogen-bond donors (Lipinski definition) is 1. The molecule has 0 aromatic heterocycles. The molecule has 0 spiro atoms. The van der Waals surface area contributed by atoms with E-state index in [4.69, 9.17) is 5.73 Å². The van der Waals surface area contributed by atoms with Crippen molar-refractivity contribution in [3.8, 4) is 0 Å². The quantitative estimate of drug-likeness (QED) is 0.611. The second kappa shape index (κ2) is 6.99. The summed E-state index contributed by atoms with van der Waals surface area (Å²) in [5.41, 5.74) is 5.36. The molecular weight excluding hydrogens is 174 g/mol. The standard InChI is InChI=1S/C12H25NO/c1-4-6-7-8-9-11(14)12(3,5-2)10-13/h4-10,13H2,1-3H3. The van der Waals surface area contributed by atoms with Crippen LogP contribution in [0.3, 0.4) is 0 Å². The third-order valence-corrected chi connectivity index (χ3v) is 3.16. The van der Waals surface area contributed by atoms with Gasteiger partial charge in [-0.05, 0) is 12.8 Å². The molecule has 84 valence electrons. The van der Waals surface area contributed by atoms with E-state index in [-0.39, 0.29) is 5.41 Å². The fourth-order valence-corrected chi connectivity index (χ4v) is 1.47. The first-order chi connectivity index (χ1) is 6.60. The van der Waals surface area contributed by atoms with E-state index in [0.29, 0.717) is 18.7 Å². The average molecular weight is 199 g/mol. The van der Waals surface area contributed by atoms with E-state index in [0.717, 1.165) is 12.8 Å². The fourth-order valence-electron chi connectivity index (χ4n) is 1.47. The molecule has 0 saturated carbocycles. The average Bonchev–Trinajstić information content (AvgIpc) is 2.22. The molecule has 2 heteroatoms. The molecular formula is C12H25NO. The van der Waals surface area contributed by atoms with Gasteiger partial charge >= 0.3 is 0 Å². The first-order valence-corrected chi connectivity index (χ1v) is 5.84. The van der Waals surface area contributed by atoms with Crippen LogP contribution in [0.5, 0.6) is 0 Å².